The van der Waals surface area contributed by atoms with Crippen molar-refractivity contribution in [3.8, 4) is 0 Å². The number of carboxylic acid groups (broad SMARTS) is 1. The van der Waals surface area contributed by atoms with Crippen molar-refractivity contribution in [3.05, 3.63) is 35.4 Å². The topological polar surface area (TPSA) is 57.6 Å². The van der Waals surface area contributed by atoms with Gasteiger partial charge in [-0.25, -0.2) is 0 Å². The van der Waals surface area contributed by atoms with E-state index in [-0.39, 0.29) is 11.8 Å². The van der Waals surface area contributed by atoms with Gasteiger partial charge in [-0.1, -0.05) is 24.3 Å². The van der Waals surface area contributed by atoms with Gasteiger partial charge in [0.2, 0.25) is 5.91 Å². The SMILES string of the molecule is O=C(O)C1CN(C(=O)C2CCSCC2)Cc2ccccc21. The van der Waals surface area contributed by atoms with Gasteiger partial charge in [-0.2, -0.15) is 11.8 Å². The van der Waals surface area contributed by atoms with Crippen molar-refractivity contribution in [1.29, 1.82) is 0 Å². The van der Waals surface area contributed by atoms with Gasteiger partial charge in [0, 0.05) is 19.0 Å². The van der Waals surface area contributed by atoms with E-state index in [2.05, 4.69) is 0 Å². The van der Waals surface area contributed by atoms with Crippen molar-refractivity contribution in [2.75, 3.05) is 18.1 Å². The second-order valence-corrected chi connectivity index (χ2v) is 6.92. The van der Waals surface area contributed by atoms with E-state index < -0.39 is 11.9 Å². The number of thioether (sulfide) groups is 1. The molecule has 1 N–H and O–H groups in total. The maximum Gasteiger partial charge on any atom is 0.312 e. The van der Waals surface area contributed by atoms with Crippen molar-refractivity contribution in [2.24, 2.45) is 5.92 Å². The first-order valence-corrected chi connectivity index (χ1v) is 8.49. The minimum atomic E-state index is -0.848. The molecule has 1 atom stereocenters. The number of fused-ring (bicyclic) bond motifs is 1. The smallest absolute Gasteiger partial charge is 0.312 e. The Morgan fingerprint density at radius 1 is 1.19 bits per heavy atom. The molecule has 0 saturated carbocycles. The molecule has 2 aliphatic heterocycles. The van der Waals surface area contributed by atoms with Crippen LogP contribution < -0.4 is 0 Å². The second-order valence-electron chi connectivity index (χ2n) is 5.70. The average Bonchev–Trinajstić information content (AvgIpc) is 2.53. The van der Waals surface area contributed by atoms with Gasteiger partial charge in [0.1, 0.15) is 0 Å². The summed E-state index contributed by atoms with van der Waals surface area (Å²) in [6, 6.07) is 7.57. The van der Waals surface area contributed by atoms with Crippen LogP contribution in [0.25, 0.3) is 0 Å². The van der Waals surface area contributed by atoms with Crippen molar-refractivity contribution < 1.29 is 14.7 Å². The van der Waals surface area contributed by atoms with Gasteiger partial charge < -0.3 is 10.0 Å². The van der Waals surface area contributed by atoms with Crippen LogP contribution in [0.3, 0.4) is 0 Å². The van der Waals surface area contributed by atoms with E-state index in [0.29, 0.717) is 13.1 Å². The highest BCUT2D eigenvalue weighted by molar-refractivity contribution is 7.99. The Bertz CT molecular complexity index is 554. The summed E-state index contributed by atoms with van der Waals surface area (Å²) in [4.78, 5) is 25.9. The lowest BCUT2D eigenvalue weighted by molar-refractivity contribution is -0.142. The number of nitrogens with zero attached hydrogens (tertiary/aromatic N) is 1. The molecule has 0 spiro atoms. The van der Waals surface area contributed by atoms with E-state index in [1.165, 1.54) is 0 Å². The molecule has 2 aliphatic rings. The minimum Gasteiger partial charge on any atom is -0.481 e. The zero-order chi connectivity index (χ0) is 14.8. The summed E-state index contributed by atoms with van der Waals surface area (Å²) in [6.45, 7) is 0.844. The molecule has 0 bridgehead atoms. The average molecular weight is 305 g/mol. The Labute approximate surface area is 128 Å². The quantitative estimate of drug-likeness (QED) is 0.911. The highest BCUT2D eigenvalue weighted by Crippen LogP contribution is 2.31. The molecule has 5 heteroatoms. The molecule has 1 unspecified atom stereocenters. The van der Waals surface area contributed by atoms with Crippen LogP contribution in [0.15, 0.2) is 24.3 Å². The number of aliphatic carboxylic acids is 1. The summed E-state index contributed by atoms with van der Waals surface area (Å²) in [5.74, 6) is 0.824. The standard InChI is InChI=1S/C16H19NO3S/c18-15(11-5-7-21-8-6-11)17-9-12-3-1-2-4-13(12)14(10-17)16(19)20/h1-4,11,14H,5-10H2,(H,19,20). The van der Waals surface area contributed by atoms with E-state index in [4.69, 9.17) is 0 Å². The summed E-state index contributed by atoms with van der Waals surface area (Å²) < 4.78 is 0. The van der Waals surface area contributed by atoms with Crippen LogP contribution >= 0.6 is 11.8 Å². The van der Waals surface area contributed by atoms with Crippen LogP contribution in [0, 0.1) is 5.92 Å². The number of carbonyl (C=O) groups is 2. The first kappa shape index (κ1) is 14.4. The van der Waals surface area contributed by atoms with Gasteiger partial charge in [-0.3, -0.25) is 9.59 Å². The Morgan fingerprint density at radius 2 is 1.90 bits per heavy atom. The molecule has 0 aliphatic carbocycles. The molecule has 4 nitrogen and oxygen atoms in total. The first-order chi connectivity index (χ1) is 10.2. The maximum atomic E-state index is 12.7. The van der Waals surface area contributed by atoms with E-state index >= 15 is 0 Å². The molecule has 1 saturated heterocycles. The molecule has 21 heavy (non-hydrogen) atoms. The monoisotopic (exact) mass is 305 g/mol. The van der Waals surface area contributed by atoms with Gasteiger partial charge in [0.15, 0.2) is 0 Å². The predicted octanol–water partition coefficient (Wildman–Crippen LogP) is 2.34. The number of carboxylic acids is 1. The normalized spacial score (nSPS) is 22.7. The zero-order valence-corrected chi connectivity index (χ0v) is 12.6. The summed E-state index contributed by atoms with van der Waals surface area (Å²) in [5, 5.41) is 9.45. The molecule has 1 fully saturated rings. The molecule has 1 aromatic carbocycles. The van der Waals surface area contributed by atoms with Crippen LogP contribution in [0.1, 0.15) is 29.9 Å². The second kappa shape index (κ2) is 6.10. The third-order valence-corrected chi connectivity index (χ3v) is 5.42. The van der Waals surface area contributed by atoms with E-state index in [1.54, 1.807) is 4.90 Å². The molecule has 2 heterocycles. The fourth-order valence-electron chi connectivity index (χ4n) is 3.19. The van der Waals surface area contributed by atoms with Gasteiger partial charge in [-0.05, 0) is 35.5 Å². The van der Waals surface area contributed by atoms with Crippen molar-refractivity contribution >= 4 is 23.6 Å². The lowest BCUT2D eigenvalue weighted by Gasteiger charge is -2.35. The number of hydrogen-bond donors (Lipinski definition) is 1. The summed E-state index contributed by atoms with van der Waals surface area (Å²) >= 11 is 1.89. The van der Waals surface area contributed by atoms with Gasteiger partial charge in [0.25, 0.3) is 0 Å². The van der Waals surface area contributed by atoms with Crippen molar-refractivity contribution in [1.82, 2.24) is 4.90 Å². The molecular weight excluding hydrogens is 286 g/mol. The largest absolute Gasteiger partial charge is 0.481 e. The van der Waals surface area contributed by atoms with Crippen LogP contribution in [-0.2, 0) is 16.1 Å². The lowest BCUT2D eigenvalue weighted by atomic mass is 9.88. The summed E-state index contributed by atoms with van der Waals surface area (Å²) in [7, 11) is 0. The Hall–Kier alpha value is -1.49. The highest BCUT2D eigenvalue weighted by atomic mass is 32.2. The molecule has 112 valence electrons. The van der Waals surface area contributed by atoms with Gasteiger partial charge in [-0.15, -0.1) is 0 Å². The maximum absolute atomic E-state index is 12.7. The molecular formula is C16H19NO3S. The van der Waals surface area contributed by atoms with Gasteiger partial charge >= 0.3 is 5.97 Å². The van der Waals surface area contributed by atoms with Gasteiger partial charge in [0.05, 0.1) is 5.92 Å². The molecule has 1 amide bonds. The van der Waals surface area contributed by atoms with E-state index in [1.807, 2.05) is 36.0 Å². The van der Waals surface area contributed by atoms with Crippen LogP contribution in [0.4, 0.5) is 0 Å². The number of carbonyl (C=O) groups excluding carboxylic acids is 1. The summed E-state index contributed by atoms with van der Waals surface area (Å²) in [5.41, 5.74) is 1.82. The van der Waals surface area contributed by atoms with Crippen LogP contribution in [0.2, 0.25) is 0 Å². The predicted molar refractivity (Wildman–Crippen MR) is 82.3 cm³/mol. The first-order valence-electron chi connectivity index (χ1n) is 7.34. The third-order valence-electron chi connectivity index (χ3n) is 4.37. The Kier molecular flexibility index (Phi) is 4.19. The van der Waals surface area contributed by atoms with E-state index in [0.717, 1.165) is 35.5 Å². The number of hydrogen-bond acceptors (Lipinski definition) is 3. The fourth-order valence-corrected chi connectivity index (χ4v) is 4.30. The molecule has 1 aromatic rings. The highest BCUT2D eigenvalue weighted by Gasteiger charge is 2.35. The Morgan fingerprint density at radius 3 is 2.62 bits per heavy atom. The number of amides is 1. The van der Waals surface area contributed by atoms with Crippen LogP contribution in [-0.4, -0.2) is 39.9 Å². The summed E-state index contributed by atoms with van der Waals surface area (Å²) in [6.07, 6.45) is 1.83. The van der Waals surface area contributed by atoms with E-state index in [9.17, 15) is 14.7 Å². The minimum absolute atomic E-state index is 0.0750. The number of rotatable bonds is 2. The molecule has 0 radical (unpaired) electrons. The zero-order valence-electron chi connectivity index (χ0n) is 11.8. The lowest BCUT2D eigenvalue weighted by Crippen LogP contribution is -2.44. The number of benzene rings is 1. The Balaban J connectivity index is 1.82. The van der Waals surface area contributed by atoms with Crippen molar-refractivity contribution in [2.45, 2.75) is 25.3 Å². The van der Waals surface area contributed by atoms with Crippen molar-refractivity contribution in [3.63, 3.8) is 0 Å². The molecule has 3 rings (SSSR count). The fraction of sp³-hybridized carbons (Fsp3) is 0.500. The third kappa shape index (κ3) is 2.93. The van der Waals surface area contributed by atoms with Crippen LogP contribution in [0.5, 0.6) is 0 Å². The molecule has 0 aromatic heterocycles.